The van der Waals surface area contributed by atoms with E-state index in [4.69, 9.17) is 0 Å². The first-order valence-electron chi connectivity index (χ1n) is 8.42. The molecule has 132 valence electrons. The van der Waals surface area contributed by atoms with Gasteiger partial charge in [0.1, 0.15) is 17.2 Å². The molecule has 3 rings (SSSR count). The van der Waals surface area contributed by atoms with Crippen molar-refractivity contribution >= 4 is 11.7 Å². The fraction of sp³-hybridized carbons (Fsp3) is 0.421. The minimum atomic E-state index is -0.567. The number of nitrogens with zero attached hydrogens (tertiary/aromatic N) is 4. The molecule has 2 aromatic rings. The molecule has 0 N–H and O–H groups in total. The van der Waals surface area contributed by atoms with Gasteiger partial charge in [-0.05, 0) is 51.0 Å². The third kappa shape index (κ3) is 3.21. The molecule has 0 saturated carbocycles. The number of aryl methyl sites for hydroxylation is 1. The van der Waals surface area contributed by atoms with Crippen molar-refractivity contribution < 1.29 is 9.18 Å². The zero-order chi connectivity index (χ0) is 18.2. The van der Waals surface area contributed by atoms with Crippen LogP contribution in [0.15, 0.2) is 30.3 Å². The Morgan fingerprint density at radius 3 is 2.56 bits per heavy atom. The van der Waals surface area contributed by atoms with Gasteiger partial charge in [0.25, 0.3) is 5.91 Å². The molecular weight excluding hydrogens is 319 g/mol. The third-order valence-electron chi connectivity index (χ3n) is 4.76. The number of halogens is 1. The molecule has 1 saturated heterocycles. The topological polar surface area (TPSA) is 49.3 Å². The molecule has 0 radical (unpaired) electrons. The first-order valence-corrected chi connectivity index (χ1v) is 8.42. The number of hydrogen-bond acceptors (Lipinski definition) is 4. The second-order valence-electron chi connectivity index (χ2n) is 6.93. The summed E-state index contributed by atoms with van der Waals surface area (Å²) in [7, 11) is 3.87. The maximum Gasteiger partial charge on any atom is 0.254 e. The molecule has 1 aliphatic rings. The highest BCUT2D eigenvalue weighted by atomic mass is 19.1. The molecule has 6 heteroatoms. The molecule has 2 heterocycles. The summed E-state index contributed by atoms with van der Waals surface area (Å²) in [6.07, 6.45) is 1.69. The van der Waals surface area contributed by atoms with E-state index in [9.17, 15) is 9.18 Å². The predicted molar refractivity (Wildman–Crippen MR) is 95.1 cm³/mol. The molecule has 25 heavy (non-hydrogen) atoms. The fourth-order valence-electron chi connectivity index (χ4n) is 3.29. The van der Waals surface area contributed by atoms with Crippen LogP contribution in [0.5, 0.6) is 0 Å². The normalized spacial score (nSPS) is 20.0. The molecule has 1 amide bonds. The van der Waals surface area contributed by atoms with Gasteiger partial charge in [0, 0.05) is 38.0 Å². The van der Waals surface area contributed by atoms with E-state index in [2.05, 4.69) is 9.97 Å². The largest absolute Gasteiger partial charge is 0.363 e. The van der Waals surface area contributed by atoms with Gasteiger partial charge in [-0.25, -0.2) is 14.4 Å². The van der Waals surface area contributed by atoms with E-state index in [0.29, 0.717) is 17.9 Å². The maximum absolute atomic E-state index is 13.2. The lowest BCUT2D eigenvalue weighted by molar-refractivity contribution is 0.0603. The van der Waals surface area contributed by atoms with Crippen molar-refractivity contribution in [1.29, 1.82) is 0 Å². The summed E-state index contributed by atoms with van der Waals surface area (Å²) >= 11 is 0. The lowest BCUT2D eigenvalue weighted by Gasteiger charge is -2.34. The fourth-order valence-corrected chi connectivity index (χ4v) is 3.29. The van der Waals surface area contributed by atoms with Crippen LogP contribution in [-0.2, 0) is 5.54 Å². The Morgan fingerprint density at radius 2 is 1.92 bits per heavy atom. The zero-order valence-corrected chi connectivity index (χ0v) is 15.1. The van der Waals surface area contributed by atoms with Gasteiger partial charge in [0.2, 0.25) is 0 Å². The maximum atomic E-state index is 13.2. The van der Waals surface area contributed by atoms with Crippen molar-refractivity contribution in [3.05, 3.63) is 53.2 Å². The number of hydrogen-bond donors (Lipinski definition) is 0. The quantitative estimate of drug-likeness (QED) is 0.860. The summed E-state index contributed by atoms with van der Waals surface area (Å²) in [6.45, 7) is 4.58. The minimum Gasteiger partial charge on any atom is -0.363 e. The standard InChI is InChI=1S/C19H23FN4O/c1-13-12-16(23(3)4)22-18(21-13)19(2)10-5-11-24(19)17(25)14-6-8-15(20)9-7-14/h6-9,12H,5,10-11H2,1-4H3/t19-/m0/s1. The monoisotopic (exact) mass is 342 g/mol. The molecular formula is C19H23FN4O. The summed E-state index contributed by atoms with van der Waals surface area (Å²) < 4.78 is 13.2. The summed E-state index contributed by atoms with van der Waals surface area (Å²) in [5.41, 5.74) is 0.786. The summed E-state index contributed by atoms with van der Waals surface area (Å²) in [5, 5.41) is 0. The van der Waals surface area contributed by atoms with Crippen molar-refractivity contribution in [2.45, 2.75) is 32.2 Å². The van der Waals surface area contributed by atoms with Gasteiger partial charge in [-0.1, -0.05) is 0 Å². The Kier molecular flexibility index (Phi) is 4.45. The number of benzene rings is 1. The molecule has 0 unspecified atom stereocenters. The van der Waals surface area contributed by atoms with Crippen molar-refractivity contribution in [2.75, 3.05) is 25.5 Å². The van der Waals surface area contributed by atoms with Gasteiger partial charge >= 0.3 is 0 Å². The Hall–Kier alpha value is -2.50. The summed E-state index contributed by atoms with van der Waals surface area (Å²) in [6, 6.07) is 7.60. The highest BCUT2D eigenvalue weighted by Crippen LogP contribution is 2.38. The second-order valence-corrected chi connectivity index (χ2v) is 6.93. The average Bonchev–Trinajstić information content (AvgIpc) is 2.97. The van der Waals surface area contributed by atoms with E-state index >= 15 is 0 Å². The Morgan fingerprint density at radius 1 is 1.24 bits per heavy atom. The number of carbonyl (C=O) groups excluding carboxylic acids is 1. The van der Waals surface area contributed by atoms with E-state index < -0.39 is 5.54 Å². The van der Waals surface area contributed by atoms with Crippen LogP contribution in [0.25, 0.3) is 0 Å². The van der Waals surface area contributed by atoms with Crippen molar-refractivity contribution in [1.82, 2.24) is 14.9 Å². The zero-order valence-electron chi connectivity index (χ0n) is 15.1. The first-order chi connectivity index (χ1) is 11.8. The average molecular weight is 342 g/mol. The van der Waals surface area contributed by atoms with Crippen LogP contribution in [0, 0.1) is 12.7 Å². The predicted octanol–water partition coefficient (Wildman–Crippen LogP) is 3.14. The van der Waals surface area contributed by atoms with Crippen LogP contribution in [0.1, 0.15) is 41.6 Å². The van der Waals surface area contributed by atoms with E-state index in [1.165, 1.54) is 24.3 Å². The van der Waals surface area contributed by atoms with Crippen LogP contribution < -0.4 is 4.90 Å². The number of carbonyl (C=O) groups is 1. The van der Waals surface area contributed by atoms with Crippen molar-refractivity contribution in [3.8, 4) is 0 Å². The van der Waals surface area contributed by atoms with Crippen LogP contribution in [0.3, 0.4) is 0 Å². The lowest BCUT2D eigenvalue weighted by Crippen LogP contribution is -2.44. The van der Waals surface area contributed by atoms with Crippen molar-refractivity contribution in [3.63, 3.8) is 0 Å². The number of amides is 1. The third-order valence-corrected chi connectivity index (χ3v) is 4.76. The smallest absolute Gasteiger partial charge is 0.254 e. The SMILES string of the molecule is Cc1cc(N(C)C)nc([C@]2(C)CCCN2C(=O)c2ccc(F)cc2)n1. The summed E-state index contributed by atoms with van der Waals surface area (Å²) in [4.78, 5) is 26.0. The Balaban J connectivity index is 1.99. The highest BCUT2D eigenvalue weighted by molar-refractivity contribution is 5.95. The van der Waals surface area contributed by atoms with E-state index in [-0.39, 0.29) is 11.7 Å². The first kappa shape index (κ1) is 17.3. The van der Waals surface area contributed by atoms with Gasteiger partial charge in [0.15, 0.2) is 5.82 Å². The Bertz CT molecular complexity index is 791. The number of likely N-dealkylation sites (tertiary alicyclic amines) is 1. The molecule has 1 aromatic carbocycles. The second kappa shape index (κ2) is 6.43. The van der Waals surface area contributed by atoms with Crippen LogP contribution in [0.2, 0.25) is 0 Å². The molecule has 0 aliphatic carbocycles. The van der Waals surface area contributed by atoms with E-state index in [1.807, 2.05) is 43.8 Å². The minimum absolute atomic E-state index is 0.114. The van der Waals surface area contributed by atoms with Crippen molar-refractivity contribution in [2.24, 2.45) is 0 Å². The number of rotatable bonds is 3. The van der Waals surface area contributed by atoms with Gasteiger partial charge in [-0.15, -0.1) is 0 Å². The van der Waals surface area contributed by atoms with E-state index in [1.54, 1.807) is 0 Å². The molecule has 1 fully saturated rings. The van der Waals surface area contributed by atoms with Gasteiger partial charge in [-0.3, -0.25) is 4.79 Å². The van der Waals surface area contributed by atoms with Gasteiger partial charge in [-0.2, -0.15) is 0 Å². The van der Waals surface area contributed by atoms with Crippen LogP contribution in [0.4, 0.5) is 10.2 Å². The molecule has 1 aromatic heterocycles. The number of anilines is 1. The van der Waals surface area contributed by atoms with E-state index in [0.717, 1.165) is 24.4 Å². The van der Waals surface area contributed by atoms with Gasteiger partial charge in [0.05, 0.1) is 0 Å². The number of aromatic nitrogens is 2. The molecule has 5 nitrogen and oxygen atoms in total. The van der Waals surface area contributed by atoms with Gasteiger partial charge < -0.3 is 9.80 Å². The van der Waals surface area contributed by atoms with Crippen LogP contribution in [-0.4, -0.2) is 41.4 Å². The molecule has 0 bridgehead atoms. The molecule has 1 aliphatic heterocycles. The molecule has 0 spiro atoms. The van der Waals surface area contributed by atoms with Crippen LogP contribution >= 0.6 is 0 Å². The summed E-state index contributed by atoms with van der Waals surface area (Å²) in [5.74, 6) is 1.02. The Labute approximate surface area is 147 Å². The molecule has 1 atom stereocenters. The lowest BCUT2D eigenvalue weighted by atomic mass is 9.96. The highest BCUT2D eigenvalue weighted by Gasteiger charge is 2.44.